The zero-order chi connectivity index (χ0) is 27.5. The smallest absolute Gasteiger partial charge is 0.249 e. The molecule has 0 saturated heterocycles. The van der Waals surface area contributed by atoms with E-state index in [2.05, 4.69) is 15.3 Å². The summed E-state index contributed by atoms with van der Waals surface area (Å²) in [5.74, 6) is -2.50. The van der Waals surface area contributed by atoms with Gasteiger partial charge in [-0.25, -0.2) is 8.78 Å². The summed E-state index contributed by atoms with van der Waals surface area (Å²) in [5, 5.41) is 3.69. The molecule has 5 rings (SSSR count). The zero-order valence-electron chi connectivity index (χ0n) is 20.5. The summed E-state index contributed by atoms with van der Waals surface area (Å²) in [6.07, 6.45) is 3.26. The first kappa shape index (κ1) is 25.5. The van der Waals surface area contributed by atoms with E-state index in [0.717, 1.165) is 11.5 Å². The van der Waals surface area contributed by atoms with Crippen LogP contribution in [0.5, 0.6) is 0 Å². The minimum absolute atomic E-state index is 0.0310. The van der Waals surface area contributed by atoms with Crippen LogP contribution >= 0.6 is 0 Å². The first-order valence-electron chi connectivity index (χ1n) is 12.0. The molecule has 0 radical (unpaired) electrons. The van der Waals surface area contributed by atoms with Crippen molar-refractivity contribution in [3.8, 4) is 11.1 Å². The largest absolute Gasteiger partial charge is 0.366 e. The average molecular weight is 528 g/mol. The normalized spacial score (nSPS) is 11.8. The average Bonchev–Trinajstić information content (AvgIpc) is 3.29. The van der Waals surface area contributed by atoms with E-state index in [1.165, 1.54) is 18.2 Å². The van der Waals surface area contributed by atoms with Gasteiger partial charge in [-0.15, -0.1) is 0 Å². The molecule has 1 atom stereocenters. The van der Waals surface area contributed by atoms with Crippen molar-refractivity contribution in [2.45, 2.75) is 19.0 Å². The van der Waals surface area contributed by atoms with Crippen molar-refractivity contribution in [3.63, 3.8) is 0 Å². The Bertz CT molecular complexity index is 1740. The zero-order valence-corrected chi connectivity index (χ0v) is 20.5. The molecule has 3 aromatic heterocycles. The van der Waals surface area contributed by atoms with Crippen molar-refractivity contribution in [3.05, 3.63) is 124 Å². The topological polar surface area (TPSA) is 123 Å². The van der Waals surface area contributed by atoms with Crippen molar-refractivity contribution in [2.75, 3.05) is 0 Å². The van der Waals surface area contributed by atoms with Gasteiger partial charge in [0.25, 0.3) is 0 Å². The Morgan fingerprint density at radius 1 is 1.00 bits per heavy atom. The summed E-state index contributed by atoms with van der Waals surface area (Å²) in [4.78, 5) is 44.1. The molecule has 5 aromatic rings. The van der Waals surface area contributed by atoms with Crippen LogP contribution in [0, 0.1) is 11.6 Å². The highest BCUT2D eigenvalue weighted by Gasteiger charge is 2.22. The number of hydrogen-bond donors (Lipinski definition) is 3. The van der Waals surface area contributed by atoms with Gasteiger partial charge < -0.3 is 20.6 Å². The molecule has 0 aliphatic carbocycles. The lowest BCUT2D eigenvalue weighted by Gasteiger charge is -2.22. The fourth-order valence-electron chi connectivity index (χ4n) is 4.58. The predicted octanol–water partition coefficient (Wildman–Crippen LogP) is 3.87. The van der Waals surface area contributed by atoms with Gasteiger partial charge in [0, 0.05) is 41.0 Å². The van der Waals surface area contributed by atoms with E-state index in [0.29, 0.717) is 33.6 Å². The Balaban J connectivity index is 1.52. The molecule has 10 heteroatoms. The number of carbonyl (C=O) groups excluding carboxylic acids is 2. The number of nitrogens with zero attached hydrogens (tertiary/aromatic N) is 2. The Hall–Kier alpha value is -5.12. The highest BCUT2D eigenvalue weighted by Crippen LogP contribution is 2.30. The number of hydrogen-bond acceptors (Lipinski definition) is 4. The van der Waals surface area contributed by atoms with Crippen LogP contribution in [0.25, 0.3) is 22.2 Å². The minimum Gasteiger partial charge on any atom is -0.366 e. The highest BCUT2D eigenvalue weighted by atomic mass is 19.1. The first-order chi connectivity index (χ1) is 18.8. The minimum atomic E-state index is -0.798. The van der Waals surface area contributed by atoms with Gasteiger partial charge in [0.05, 0.1) is 11.7 Å². The second kappa shape index (κ2) is 10.7. The van der Waals surface area contributed by atoms with Crippen LogP contribution in [0.3, 0.4) is 0 Å². The molecule has 196 valence electrons. The molecule has 4 N–H and O–H groups in total. The van der Waals surface area contributed by atoms with Crippen molar-refractivity contribution in [1.82, 2.24) is 19.9 Å². The summed E-state index contributed by atoms with van der Waals surface area (Å²) in [5.41, 5.74) is 7.94. The third kappa shape index (κ3) is 5.74. The second-order valence-corrected chi connectivity index (χ2v) is 9.05. The molecule has 1 unspecified atom stereocenters. The molecule has 0 fully saturated rings. The van der Waals surface area contributed by atoms with Crippen LogP contribution < -0.4 is 16.6 Å². The number of halogens is 2. The highest BCUT2D eigenvalue weighted by molar-refractivity contribution is 5.94. The number of carbonyl (C=O) groups is 2. The van der Waals surface area contributed by atoms with Gasteiger partial charge in [-0.1, -0.05) is 18.2 Å². The number of fused-ring (bicyclic) bond motifs is 1. The van der Waals surface area contributed by atoms with Crippen molar-refractivity contribution in [2.24, 2.45) is 5.73 Å². The van der Waals surface area contributed by atoms with Crippen LogP contribution in [0.15, 0.2) is 90.0 Å². The summed E-state index contributed by atoms with van der Waals surface area (Å²) in [6.45, 7) is -0.128. The lowest BCUT2D eigenvalue weighted by atomic mass is 9.94. The van der Waals surface area contributed by atoms with Crippen LogP contribution in [0.4, 0.5) is 8.78 Å². The number of benzene rings is 2. The van der Waals surface area contributed by atoms with Gasteiger partial charge in [-0.05, 0) is 60.0 Å². The third-order valence-electron chi connectivity index (χ3n) is 6.29. The number of primary amides is 1. The molecular formula is C29H23F2N5O3. The summed E-state index contributed by atoms with van der Waals surface area (Å²) >= 11 is 0. The predicted molar refractivity (Wildman–Crippen MR) is 142 cm³/mol. The second-order valence-electron chi connectivity index (χ2n) is 9.05. The maximum atomic E-state index is 14.0. The monoisotopic (exact) mass is 527 g/mol. The van der Waals surface area contributed by atoms with E-state index in [1.807, 2.05) is 0 Å². The van der Waals surface area contributed by atoms with Crippen LogP contribution in [-0.2, 0) is 17.8 Å². The Morgan fingerprint density at radius 2 is 1.79 bits per heavy atom. The Morgan fingerprint density at radius 3 is 2.56 bits per heavy atom. The van der Waals surface area contributed by atoms with Gasteiger partial charge >= 0.3 is 0 Å². The number of amides is 2. The molecule has 3 heterocycles. The Labute approximate surface area is 221 Å². The maximum Gasteiger partial charge on any atom is 0.249 e. The number of H-pyrrole nitrogens is 1. The van der Waals surface area contributed by atoms with Gasteiger partial charge in [0.2, 0.25) is 17.4 Å². The van der Waals surface area contributed by atoms with Gasteiger partial charge in [-0.2, -0.15) is 0 Å². The van der Waals surface area contributed by atoms with Crippen molar-refractivity contribution in [1.29, 1.82) is 0 Å². The summed E-state index contributed by atoms with van der Waals surface area (Å²) < 4.78 is 29.6. The van der Waals surface area contributed by atoms with Crippen molar-refractivity contribution < 1.29 is 18.4 Å². The fourth-order valence-corrected chi connectivity index (χ4v) is 4.58. The van der Waals surface area contributed by atoms with E-state index < -0.39 is 29.5 Å². The molecule has 0 spiro atoms. The van der Waals surface area contributed by atoms with Crippen LogP contribution in [-0.4, -0.2) is 26.3 Å². The number of aromatic nitrogens is 3. The number of aromatic amines is 1. The first-order valence-corrected chi connectivity index (χ1v) is 12.0. The quantitative estimate of drug-likeness (QED) is 0.284. The maximum absolute atomic E-state index is 14.0. The van der Waals surface area contributed by atoms with Crippen LogP contribution in [0.2, 0.25) is 0 Å². The summed E-state index contributed by atoms with van der Waals surface area (Å²) in [7, 11) is 0. The molecule has 8 nitrogen and oxygen atoms in total. The number of nitrogens with one attached hydrogen (secondary N) is 2. The van der Waals surface area contributed by atoms with E-state index in [-0.39, 0.29) is 18.5 Å². The molecule has 39 heavy (non-hydrogen) atoms. The molecule has 2 aromatic carbocycles. The lowest BCUT2D eigenvalue weighted by molar-refractivity contribution is -0.122. The molecule has 2 amide bonds. The standard InChI is InChI=1S/C29H23F2N5O3/c30-21-11-17(12-22(31)15-21)13-24(34-26(38)16-36-10-8-18-6-7-25(37)35-29(18)36)27-23(5-2-9-33-27)19-3-1-4-20(14-19)28(32)39/h1-12,14-15,24H,13,16H2,(H2,32,39)(H,34,38)(H,35,37). The SMILES string of the molecule is NC(=O)c1cccc(-c2cccnc2C(Cc2cc(F)cc(F)c2)NC(=O)Cn2ccc3ccc(=O)[nH]c32)c1. The van der Waals surface area contributed by atoms with Gasteiger partial charge in [0.15, 0.2) is 0 Å². The van der Waals surface area contributed by atoms with Crippen molar-refractivity contribution >= 4 is 22.8 Å². The molecule has 0 bridgehead atoms. The van der Waals surface area contributed by atoms with E-state index >= 15 is 0 Å². The number of pyridine rings is 2. The third-order valence-corrected chi connectivity index (χ3v) is 6.29. The van der Waals surface area contributed by atoms with Crippen LogP contribution in [0.1, 0.15) is 27.7 Å². The molecule has 0 aliphatic rings. The van der Waals surface area contributed by atoms with E-state index in [9.17, 15) is 23.2 Å². The summed E-state index contributed by atoms with van der Waals surface area (Å²) in [6, 6.07) is 17.3. The fraction of sp³-hybridized carbons (Fsp3) is 0.103. The molecule has 0 saturated carbocycles. The van der Waals surface area contributed by atoms with Gasteiger partial charge in [-0.3, -0.25) is 19.4 Å². The van der Waals surface area contributed by atoms with Gasteiger partial charge in [0.1, 0.15) is 23.8 Å². The lowest BCUT2D eigenvalue weighted by Crippen LogP contribution is -2.33. The molecule has 0 aliphatic heterocycles. The Kier molecular flexibility index (Phi) is 7.00. The number of rotatable bonds is 8. The van der Waals surface area contributed by atoms with E-state index in [1.54, 1.807) is 65.5 Å². The van der Waals surface area contributed by atoms with E-state index in [4.69, 9.17) is 5.73 Å². The number of nitrogens with two attached hydrogens (primary N) is 1. The molecular weight excluding hydrogens is 504 g/mol.